The normalized spacial score (nSPS) is 12.6. The van der Waals surface area contributed by atoms with Crippen molar-refractivity contribution in [2.75, 3.05) is 5.32 Å². The van der Waals surface area contributed by atoms with Crippen LogP contribution in [0.1, 0.15) is 23.6 Å². The van der Waals surface area contributed by atoms with Crippen LogP contribution in [0.2, 0.25) is 0 Å². The van der Waals surface area contributed by atoms with Crippen LogP contribution in [0.4, 0.5) is 18.9 Å². The smallest absolute Gasteiger partial charge is 0.416 e. The second kappa shape index (κ2) is 6.95. The summed E-state index contributed by atoms with van der Waals surface area (Å²) in [4.78, 5) is 12.1. The summed E-state index contributed by atoms with van der Waals surface area (Å²) in [6.07, 6.45) is -5.19. The second-order valence-electron chi connectivity index (χ2n) is 5.59. The third kappa shape index (κ3) is 4.50. The van der Waals surface area contributed by atoms with Gasteiger partial charge in [0, 0.05) is 5.69 Å². The standard InChI is InChI=1S/C18H18F3NO2/c1-11-4-5-12(2)16(10-11)24-13(3)17(23)22-15-8-6-14(7-9-15)18(19,20)21/h4-10,13H,1-3H3,(H,22,23). The molecule has 0 aliphatic carbocycles. The third-order valence-electron chi connectivity index (χ3n) is 3.50. The monoisotopic (exact) mass is 337 g/mol. The van der Waals surface area contributed by atoms with Gasteiger partial charge in [0.15, 0.2) is 6.10 Å². The fraction of sp³-hybridized carbons (Fsp3) is 0.278. The van der Waals surface area contributed by atoms with Crippen LogP contribution in [0.15, 0.2) is 42.5 Å². The van der Waals surface area contributed by atoms with Crippen LogP contribution in [-0.2, 0) is 11.0 Å². The lowest BCUT2D eigenvalue weighted by Gasteiger charge is -2.17. The van der Waals surface area contributed by atoms with Crippen LogP contribution >= 0.6 is 0 Å². The zero-order valence-electron chi connectivity index (χ0n) is 13.6. The van der Waals surface area contributed by atoms with Crippen LogP contribution in [0.25, 0.3) is 0 Å². The molecule has 0 saturated carbocycles. The molecule has 0 aliphatic rings. The van der Waals surface area contributed by atoms with Crippen LogP contribution in [-0.4, -0.2) is 12.0 Å². The zero-order chi connectivity index (χ0) is 17.9. The number of rotatable bonds is 4. The summed E-state index contributed by atoms with van der Waals surface area (Å²) in [6.45, 7) is 5.37. The van der Waals surface area contributed by atoms with Crippen LogP contribution in [0.5, 0.6) is 5.75 Å². The van der Waals surface area contributed by atoms with E-state index >= 15 is 0 Å². The number of carbonyl (C=O) groups is 1. The van der Waals surface area contributed by atoms with Gasteiger partial charge >= 0.3 is 6.18 Å². The molecule has 0 aliphatic heterocycles. The largest absolute Gasteiger partial charge is 0.481 e. The maximum Gasteiger partial charge on any atom is 0.416 e. The van der Waals surface area contributed by atoms with Gasteiger partial charge in [0.1, 0.15) is 5.75 Å². The van der Waals surface area contributed by atoms with E-state index in [0.717, 1.165) is 23.3 Å². The lowest BCUT2D eigenvalue weighted by atomic mass is 10.1. The van der Waals surface area contributed by atoms with Gasteiger partial charge in [-0.15, -0.1) is 0 Å². The van der Waals surface area contributed by atoms with Gasteiger partial charge in [-0.05, 0) is 62.2 Å². The average Bonchev–Trinajstić information content (AvgIpc) is 2.50. The van der Waals surface area contributed by atoms with E-state index in [2.05, 4.69) is 5.32 Å². The number of aryl methyl sites for hydroxylation is 2. The van der Waals surface area contributed by atoms with Crippen LogP contribution in [0.3, 0.4) is 0 Å². The van der Waals surface area contributed by atoms with Gasteiger partial charge < -0.3 is 10.1 Å². The first-order chi connectivity index (χ1) is 11.2. The molecule has 2 aromatic carbocycles. The molecule has 0 radical (unpaired) electrons. The van der Waals surface area contributed by atoms with Gasteiger partial charge in [-0.1, -0.05) is 12.1 Å². The van der Waals surface area contributed by atoms with Gasteiger partial charge in [-0.25, -0.2) is 0 Å². The lowest BCUT2D eigenvalue weighted by molar-refractivity contribution is -0.137. The maximum atomic E-state index is 12.5. The van der Waals surface area contributed by atoms with E-state index in [9.17, 15) is 18.0 Å². The first-order valence-electron chi connectivity index (χ1n) is 7.39. The summed E-state index contributed by atoms with van der Waals surface area (Å²) in [5, 5.41) is 2.54. The molecular formula is C18H18F3NO2. The van der Waals surface area contributed by atoms with Gasteiger partial charge in [-0.2, -0.15) is 13.2 Å². The molecule has 1 amide bonds. The van der Waals surface area contributed by atoms with Crippen molar-refractivity contribution in [3.05, 3.63) is 59.2 Å². The van der Waals surface area contributed by atoms with E-state index in [-0.39, 0.29) is 5.69 Å². The van der Waals surface area contributed by atoms with E-state index in [1.54, 1.807) is 6.92 Å². The molecule has 1 unspecified atom stereocenters. The Balaban J connectivity index is 2.02. The molecule has 1 N–H and O–H groups in total. The van der Waals surface area contributed by atoms with Gasteiger partial charge in [0.05, 0.1) is 5.56 Å². The number of anilines is 1. The van der Waals surface area contributed by atoms with E-state index in [0.29, 0.717) is 5.75 Å². The second-order valence-corrected chi connectivity index (χ2v) is 5.59. The van der Waals surface area contributed by atoms with Crippen LogP contribution < -0.4 is 10.1 Å². The number of carbonyl (C=O) groups excluding carboxylic acids is 1. The highest BCUT2D eigenvalue weighted by atomic mass is 19.4. The van der Waals surface area contributed by atoms with E-state index in [1.807, 2.05) is 32.0 Å². The first kappa shape index (κ1) is 17.8. The van der Waals surface area contributed by atoms with Crippen LogP contribution in [0, 0.1) is 13.8 Å². The Morgan fingerprint density at radius 2 is 1.71 bits per heavy atom. The SMILES string of the molecule is Cc1ccc(C)c(OC(C)C(=O)Nc2ccc(C(F)(F)F)cc2)c1. The van der Waals surface area contributed by atoms with E-state index < -0.39 is 23.8 Å². The molecule has 6 heteroatoms. The molecular weight excluding hydrogens is 319 g/mol. The number of amides is 1. The zero-order valence-corrected chi connectivity index (χ0v) is 13.6. The summed E-state index contributed by atoms with van der Waals surface area (Å²) in [5.41, 5.74) is 1.42. The molecule has 0 aromatic heterocycles. The van der Waals surface area contributed by atoms with Gasteiger partial charge in [-0.3, -0.25) is 4.79 Å². The molecule has 0 heterocycles. The molecule has 3 nitrogen and oxygen atoms in total. The number of alkyl halides is 3. The molecule has 0 fully saturated rings. The topological polar surface area (TPSA) is 38.3 Å². The molecule has 1 atom stereocenters. The minimum absolute atomic E-state index is 0.282. The van der Waals surface area contributed by atoms with Gasteiger partial charge in [0.2, 0.25) is 0 Å². The Bertz CT molecular complexity index is 724. The fourth-order valence-electron chi connectivity index (χ4n) is 2.06. The number of benzene rings is 2. The summed E-state index contributed by atoms with van der Waals surface area (Å²) >= 11 is 0. The Kier molecular flexibility index (Phi) is 5.17. The minimum Gasteiger partial charge on any atom is -0.481 e. The Hall–Kier alpha value is -2.50. The summed E-state index contributed by atoms with van der Waals surface area (Å²) in [5.74, 6) is 0.167. The van der Waals surface area contributed by atoms with Crippen molar-refractivity contribution in [1.29, 1.82) is 0 Å². The number of nitrogens with one attached hydrogen (secondary N) is 1. The molecule has 0 bridgehead atoms. The molecule has 0 spiro atoms. The number of hydrogen-bond acceptors (Lipinski definition) is 2. The molecule has 0 saturated heterocycles. The predicted octanol–water partition coefficient (Wildman–Crippen LogP) is 4.73. The highest BCUT2D eigenvalue weighted by Gasteiger charge is 2.30. The summed E-state index contributed by atoms with van der Waals surface area (Å²) in [7, 11) is 0. The number of halogens is 3. The first-order valence-corrected chi connectivity index (χ1v) is 7.39. The Morgan fingerprint density at radius 3 is 2.29 bits per heavy atom. The Labute approximate surface area is 138 Å². The predicted molar refractivity (Wildman–Crippen MR) is 86.1 cm³/mol. The fourth-order valence-corrected chi connectivity index (χ4v) is 2.06. The molecule has 2 aromatic rings. The van der Waals surface area contributed by atoms with Crippen molar-refractivity contribution in [3.8, 4) is 5.75 Å². The third-order valence-corrected chi connectivity index (χ3v) is 3.50. The van der Waals surface area contributed by atoms with Crippen molar-refractivity contribution in [2.24, 2.45) is 0 Å². The maximum absolute atomic E-state index is 12.5. The number of hydrogen-bond donors (Lipinski definition) is 1. The van der Waals surface area contributed by atoms with E-state index in [4.69, 9.17) is 4.74 Å². The average molecular weight is 337 g/mol. The van der Waals surface area contributed by atoms with Crippen molar-refractivity contribution in [1.82, 2.24) is 0 Å². The van der Waals surface area contributed by atoms with Crippen molar-refractivity contribution in [3.63, 3.8) is 0 Å². The number of ether oxygens (including phenoxy) is 1. The summed E-state index contributed by atoms with van der Waals surface area (Å²) in [6, 6.07) is 9.94. The van der Waals surface area contributed by atoms with Crippen molar-refractivity contribution in [2.45, 2.75) is 33.1 Å². The lowest BCUT2D eigenvalue weighted by Crippen LogP contribution is -2.30. The minimum atomic E-state index is -4.40. The quantitative estimate of drug-likeness (QED) is 0.876. The van der Waals surface area contributed by atoms with Crippen molar-refractivity contribution < 1.29 is 22.7 Å². The Morgan fingerprint density at radius 1 is 1.08 bits per heavy atom. The highest BCUT2D eigenvalue weighted by Crippen LogP contribution is 2.29. The summed E-state index contributed by atoms with van der Waals surface area (Å²) < 4.78 is 43.2. The van der Waals surface area contributed by atoms with Gasteiger partial charge in [0.25, 0.3) is 5.91 Å². The highest BCUT2D eigenvalue weighted by molar-refractivity contribution is 5.94. The molecule has 24 heavy (non-hydrogen) atoms. The molecule has 128 valence electrons. The van der Waals surface area contributed by atoms with E-state index in [1.165, 1.54) is 12.1 Å². The van der Waals surface area contributed by atoms with Crippen molar-refractivity contribution >= 4 is 11.6 Å². The molecule has 2 rings (SSSR count).